The Balaban J connectivity index is 1.66. The molecule has 0 radical (unpaired) electrons. The zero-order chi connectivity index (χ0) is 15.0. The number of rotatable bonds is 3. The molecule has 1 fully saturated rings. The molecule has 8 heteroatoms. The molecule has 1 aromatic heterocycles. The summed E-state index contributed by atoms with van der Waals surface area (Å²) in [4.78, 5) is 41.6. The van der Waals surface area contributed by atoms with E-state index < -0.39 is 6.03 Å². The molecule has 0 aromatic carbocycles. The van der Waals surface area contributed by atoms with Gasteiger partial charge in [0.15, 0.2) is 0 Å². The molecule has 0 spiro atoms. The molecular weight excluding hydrogens is 292 g/mol. The third-order valence-electron chi connectivity index (χ3n) is 3.64. The van der Waals surface area contributed by atoms with Crippen LogP contribution in [-0.2, 0) is 16.0 Å². The number of nitrogens with zero attached hydrogens (tertiary/aromatic N) is 2. The zero-order valence-electron chi connectivity index (χ0n) is 11.6. The van der Waals surface area contributed by atoms with E-state index in [2.05, 4.69) is 15.6 Å². The molecule has 0 saturated carbocycles. The summed E-state index contributed by atoms with van der Waals surface area (Å²) in [6.07, 6.45) is 2.84. The Bertz CT molecular complexity index is 597. The number of carbonyl (C=O) groups is 3. The summed E-state index contributed by atoms with van der Waals surface area (Å²) in [5.74, 6) is -0.701. The highest BCUT2D eigenvalue weighted by Crippen LogP contribution is 2.32. The van der Waals surface area contributed by atoms with Gasteiger partial charge in [0.1, 0.15) is 6.54 Å². The Morgan fingerprint density at radius 2 is 2.33 bits per heavy atom. The highest BCUT2D eigenvalue weighted by molar-refractivity contribution is 7.11. The molecule has 1 atom stereocenters. The van der Waals surface area contributed by atoms with Crippen molar-refractivity contribution in [1.29, 1.82) is 0 Å². The lowest BCUT2D eigenvalue weighted by atomic mass is 9.97. The van der Waals surface area contributed by atoms with Gasteiger partial charge in [0, 0.05) is 4.88 Å². The molecule has 1 saturated heterocycles. The van der Waals surface area contributed by atoms with Crippen LogP contribution in [0.25, 0.3) is 0 Å². The maximum absolute atomic E-state index is 12.1. The number of aromatic nitrogens is 1. The maximum atomic E-state index is 12.1. The van der Waals surface area contributed by atoms with Gasteiger partial charge in [-0.1, -0.05) is 0 Å². The molecule has 1 aliphatic heterocycles. The molecule has 2 N–H and O–H groups in total. The van der Waals surface area contributed by atoms with Gasteiger partial charge in [-0.05, 0) is 26.2 Å². The summed E-state index contributed by atoms with van der Waals surface area (Å²) >= 11 is 1.66. The summed E-state index contributed by atoms with van der Waals surface area (Å²) < 4.78 is 0. The van der Waals surface area contributed by atoms with Gasteiger partial charge in [0.05, 0.1) is 23.3 Å². The number of imide groups is 1. The molecule has 112 valence electrons. The van der Waals surface area contributed by atoms with Crippen molar-refractivity contribution >= 4 is 29.2 Å². The van der Waals surface area contributed by atoms with Crippen LogP contribution in [0.2, 0.25) is 0 Å². The first-order chi connectivity index (χ1) is 10.0. The molecule has 1 aliphatic carbocycles. The SMILES string of the molecule is Cc1nc2c(s1)CCC[C@@H]2NC(=O)CN1C(=O)CNC1=O. The number of aryl methyl sites for hydroxylation is 2. The largest absolute Gasteiger partial charge is 0.346 e. The van der Waals surface area contributed by atoms with Crippen molar-refractivity contribution in [3.05, 3.63) is 15.6 Å². The van der Waals surface area contributed by atoms with E-state index in [1.54, 1.807) is 11.3 Å². The van der Waals surface area contributed by atoms with Crippen LogP contribution >= 0.6 is 11.3 Å². The molecule has 0 unspecified atom stereocenters. The Kier molecular flexibility index (Phi) is 3.62. The third kappa shape index (κ3) is 2.76. The van der Waals surface area contributed by atoms with E-state index >= 15 is 0 Å². The topological polar surface area (TPSA) is 91.4 Å². The molecule has 2 aliphatic rings. The van der Waals surface area contributed by atoms with Crippen LogP contribution < -0.4 is 10.6 Å². The number of fused-ring (bicyclic) bond motifs is 1. The van der Waals surface area contributed by atoms with E-state index in [0.717, 1.165) is 34.9 Å². The molecule has 3 rings (SSSR count). The summed E-state index contributed by atoms with van der Waals surface area (Å²) in [6, 6.07) is -0.629. The first-order valence-electron chi connectivity index (χ1n) is 6.88. The molecule has 0 bridgehead atoms. The molecule has 7 nitrogen and oxygen atoms in total. The van der Waals surface area contributed by atoms with Gasteiger partial charge in [0.2, 0.25) is 5.91 Å². The van der Waals surface area contributed by atoms with Crippen LogP contribution in [0.1, 0.15) is 34.5 Å². The van der Waals surface area contributed by atoms with E-state index in [1.807, 2.05) is 6.92 Å². The van der Waals surface area contributed by atoms with Gasteiger partial charge in [-0.3, -0.25) is 14.5 Å². The van der Waals surface area contributed by atoms with Crippen LogP contribution in [-0.4, -0.2) is 40.8 Å². The predicted molar refractivity (Wildman–Crippen MR) is 75.8 cm³/mol. The fourth-order valence-corrected chi connectivity index (χ4v) is 3.72. The van der Waals surface area contributed by atoms with Crippen LogP contribution in [0.15, 0.2) is 0 Å². The van der Waals surface area contributed by atoms with Crippen molar-refractivity contribution < 1.29 is 14.4 Å². The molecular formula is C13H16N4O3S. The Hall–Kier alpha value is -1.96. The smallest absolute Gasteiger partial charge is 0.325 e. The zero-order valence-corrected chi connectivity index (χ0v) is 12.5. The fraction of sp³-hybridized carbons (Fsp3) is 0.538. The van der Waals surface area contributed by atoms with Gasteiger partial charge in [0.25, 0.3) is 5.91 Å². The Labute approximate surface area is 125 Å². The summed E-state index contributed by atoms with van der Waals surface area (Å²) in [5, 5.41) is 6.28. The van der Waals surface area contributed by atoms with Gasteiger partial charge in [-0.15, -0.1) is 11.3 Å². The van der Waals surface area contributed by atoms with E-state index in [4.69, 9.17) is 0 Å². The van der Waals surface area contributed by atoms with Gasteiger partial charge in [-0.2, -0.15) is 0 Å². The molecule has 2 heterocycles. The minimum Gasteiger partial charge on any atom is -0.346 e. The monoisotopic (exact) mass is 308 g/mol. The number of amides is 4. The van der Waals surface area contributed by atoms with E-state index in [-0.39, 0.29) is 30.9 Å². The van der Waals surface area contributed by atoms with Crippen molar-refractivity contribution in [3.8, 4) is 0 Å². The van der Waals surface area contributed by atoms with Crippen molar-refractivity contribution in [3.63, 3.8) is 0 Å². The Morgan fingerprint density at radius 3 is 3.05 bits per heavy atom. The standard InChI is InChI=1S/C13H16N4O3S/c1-7-15-12-8(3-2-4-9(12)21-7)16-10(18)6-17-11(19)5-14-13(17)20/h8H,2-6H2,1H3,(H,14,20)(H,16,18)/t8-/m0/s1. The molecule has 4 amide bonds. The predicted octanol–water partition coefficient (Wildman–Crippen LogP) is 0.497. The minimum atomic E-state index is -0.510. The first-order valence-corrected chi connectivity index (χ1v) is 7.70. The number of urea groups is 1. The van der Waals surface area contributed by atoms with Gasteiger partial charge >= 0.3 is 6.03 Å². The quantitative estimate of drug-likeness (QED) is 0.795. The first kappa shape index (κ1) is 14.0. The minimum absolute atomic E-state index is 0.0367. The second-order valence-electron chi connectivity index (χ2n) is 5.19. The van der Waals surface area contributed by atoms with Crippen LogP contribution in [0, 0.1) is 6.92 Å². The number of carbonyl (C=O) groups excluding carboxylic acids is 3. The Morgan fingerprint density at radius 1 is 1.52 bits per heavy atom. The lowest BCUT2D eigenvalue weighted by Crippen LogP contribution is -2.42. The summed E-state index contributed by atoms with van der Waals surface area (Å²) in [7, 11) is 0. The van der Waals surface area contributed by atoms with Crippen LogP contribution in [0.5, 0.6) is 0 Å². The van der Waals surface area contributed by atoms with Gasteiger partial charge in [-0.25, -0.2) is 9.78 Å². The second-order valence-corrected chi connectivity index (χ2v) is 6.48. The average molecular weight is 308 g/mol. The maximum Gasteiger partial charge on any atom is 0.325 e. The molecule has 1 aromatic rings. The van der Waals surface area contributed by atoms with E-state index in [0.29, 0.717) is 0 Å². The van der Waals surface area contributed by atoms with Crippen LogP contribution in [0.3, 0.4) is 0 Å². The number of hydrogen-bond donors (Lipinski definition) is 2. The van der Waals surface area contributed by atoms with E-state index in [1.165, 1.54) is 4.88 Å². The highest BCUT2D eigenvalue weighted by Gasteiger charge is 2.32. The van der Waals surface area contributed by atoms with Crippen molar-refractivity contribution in [1.82, 2.24) is 20.5 Å². The summed E-state index contributed by atoms with van der Waals surface area (Å²) in [5.41, 5.74) is 0.939. The number of nitrogens with one attached hydrogen (secondary N) is 2. The summed E-state index contributed by atoms with van der Waals surface area (Å²) in [6.45, 7) is 1.68. The van der Waals surface area contributed by atoms with Crippen molar-refractivity contribution in [2.75, 3.05) is 13.1 Å². The van der Waals surface area contributed by atoms with E-state index in [9.17, 15) is 14.4 Å². The molecule has 21 heavy (non-hydrogen) atoms. The van der Waals surface area contributed by atoms with Crippen molar-refractivity contribution in [2.45, 2.75) is 32.2 Å². The fourth-order valence-electron chi connectivity index (χ4n) is 2.68. The number of hydrogen-bond acceptors (Lipinski definition) is 5. The van der Waals surface area contributed by atoms with Crippen molar-refractivity contribution in [2.24, 2.45) is 0 Å². The average Bonchev–Trinajstić information content (AvgIpc) is 2.96. The highest BCUT2D eigenvalue weighted by atomic mass is 32.1. The number of thiazole rings is 1. The van der Waals surface area contributed by atoms with Crippen LogP contribution in [0.4, 0.5) is 4.79 Å². The second kappa shape index (κ2) is 5.44. The normalized spacial score (nSPS) is 21.2. The lowest BCUT2D eigenvalue weighted by molar-refractivity contribution is -0.131. The van der Waals surface area contributed by atoms with Gasteiger partial charge < -0.3 is 10.6 Å². The lowest BCUT2D eigenvalue weighted by Gasteiger charge is -2.23. The third-order valence-corrected chi connectivity index (χ3v) is 4.68.